The van der Waals surface area contributed by atoms with Crippen molar-refractivity contribution in [3.63, 3.8) is 0 Å². The van der Waals surface area contributed by atoms with Gasteiger partial charge < -0.3 is 4.74 Å². The number of benzene rings is 2. The molecular weight excluding hydrogens is 348 g/mol. The second-order valence-corrected chi connectivity index (χ2v) is 7.03. The van der Waals surface area contributed by atoms with Gasteiger partial charge in [-0.15, -0.1) is 5.10 Å². The van der Waals surface area contributed by atoms with E-state index in [0.29, 0.717) is 10.9 Å². The molecule has 0 saturated carbocycles. The van der Waals surface area contributed by atoms with Gasteiger partial charge in [-0.2, -0.15) is 0 Å². The van der Waals surface area contributed by atoms with Crippen molar-refractivity contribution in [2.75, 3.05) is 12.9 Å². The highest BCUT2D eigenvalue weighted by Gasteiger charge is 2.34. The van der Waals surface area contributed by atoms with E-state index in [4.69, 9.17) is 9.73 Å². The number of para-hydroxylation sites is 1. The SMILES string of the molecule is CCSC1=NN2C(=c3ccccc3=N[C@H]2c2ccc(OC)cc2)C(=O)N1. The quantitative estimate of drug-likeness (QED) is 0.896. The van der Waals surface area contributed by atoms with Gasteiger partial charge in [0.2, 0.25) is 0 Å². The number of methoxy groups -OCH3 is 1. The Morgan fingerprint density at radius 3 is 2.69 bits per heavy atom. The molecule has 2 aromatic rings. The van der Waals surface area contributed by atoms with Crippen LogP contribution in [-0.2, 0) is 4.79 Å². The van der Waals surface area contributed by atoms with Crippen LogP contribution in [0.4, 0.5) is 0 Å². The fourth-order valence-corrected chi connectivity index (χ4v) is 3.61. The van der Waals surface area contributed by atoms with Crippen LogP contribution in [-0.4, -0.2) is 28.9 Å². The largest absolute Gasteiger partial charge is 0.497 e. The van der Waals surface area contributed by atoms with Crippen molar-refractivity contribution >= 4 is 28.5 Å². The lowest BCUT2D eigenvalue weighted by Crippen LogP contribution is -2.50. The number of hydrogen-bond donors (Lipinski definition) is 1. The van der Waals surface area contributed by atoms with Crippen molar-refractivity contribution in [2.45, 2.75) is 13.1 Å². The van der Waals surface area contributed by atoms with E-state index in [0.717, 1.165) is 27.6 Å². The third kappa shape index (κ3) is 2.84. The van der Waals surface area contributed by atoms with Crippen LogP contribution < -0.4 is 20.6 Å². The zero-order chi connectivity index (χ0) is 18.1. The summed E-state index contributed by atoms with van der Waals surface area (Å²) in [6.45, 7) is 2.02. The Morgan fingerprint density at radius 1 is 1.19 bits per heavy atom. The zero-order valence-electron chi connectivity index (χ0n) is 14.5. The summed E-state index contributed by atoms with van der Waals surface area (Å²) in [5.74, 6) is 1.44. The minimum Gasteiger partial charge on any atom is -0.497 e. The molecule has 132 valence electrons. The summed E-state index contributed by atoms with van der Waals surface area (Å²) in [5.41, 5.74) is 1.47. The van der Waals surface area contributed by atoms with Crippen LogP contribution >= 0.6 is 11.8 Å². The lowest BCUT2D eigenvalue weighted by molar-refractivity contribution is -0.116. The molecule has 0 aromatic heterocycles. The van der Waals surface area contributed by atoms with Crippen molar-refractivity contribution in [1.29, 1.82) is 0 Å². The maximum absolute atomic E-state index is 12.8. The van der Waals surface area contributed by atoms with Crippen molar-refractivity contribution in [1.82, 2.24) is 10.3 Å². The minimum atomic E-state index is -0.399. The molecule has 0 unspecified atom stereocenters. The number of carbonyl (C=O) groups excluding carboxylic acids is 1. The van der Waals surface area contributed by atoms with Gasteiger partial charge in [-0.25, -0.2) is 5.01 Å². The van der Waals surface area contributed by atoms with Crippen LogP contribution in [0.15, 0.2) is 58.6 Å². The first kappa shape index (κ1) is 16.7. The van der Waals surface area contributed by atoms with Crippen molar-refractivity contribution in [3.05, 3.63) is 64.7 Å². The molecule has 0 saturated heterocycles. The highest BCUT2D eigenvalue weighted by molar-refractivity contribution is 8.13. The molecule has 0 spiro atoms. The molecule has 26 heavy (non-hydrogen) atoms. The lowest BCUT2D eigenvalue weighted by atomic mass is 10.1. The van der Waals surface area contributed by atoms with E-state index in [9.17, 15) is 4.79 Å². The van der Waals surface area contributed by atoms with E-state index in [1.54, 1.807) is 12.1 Å². The van der Waals surface area contributed by atoms with Crippen LogP contribution in [0.25, 0.3) is 5.70 Å². The standard InChI is InChI=1S/C19H18N4O2S/c1-3-26-19-21-18(24)16-14-6-4-5-7-15(14)20-17(23(16)22-19)12-8-10-13(25-2)11-9-12/h4-11,17H,3H2,1-2H3,(H,21,22,24)/t17-/m1/s1. The molecular formula is C19H18N4O2S. The Morgan fingerprint density at radius 2 is 1.96 bits per heavy atom. The Kier molecular flexibility index (Phi) is 4.38. The van der Waals surface area contributed by atoms with Crippen molar-refractivity contribution < 1.29 is 9.53 Å². The summed E-state index contributed by atoms with van der Waals surface area (Å²) >= 11 is 1.50. The minimum absolute atomic E-state index is 0.156. The molecule has 2 aromatic carbocycles. The molecule has 6 nitrogen and oxygen atoms in total. The second kappa shape index (κ2) is 6.84. The van der Waals surface area contributed by atoms with Gasteiger partial charge in [0.15, 0.2) is 11.3 Å². The monoisotopic (exact) mass is 366 g/mol. The molecule has 2 aliphatic rings. The molecule has 1 atom stereocenters. The van der Waals surface area contributed by atoms with Crippen LogP contribution in [0.5, 0.6) is 5.75 Å². The summed E-state index contributed by atoms with van der Waals surface area (Å²) in [4.78, 5) is 17.7. The molecule has 0 bridgehead atoms. The van der Waals surface area contributed by atoms with Gasteiger partial charge in [0, 0.05) is 5.22 Å². The molecule has 2 aliphatic heterocycles. The Hall–Kier alpha value is -2.80. The van der Waals surface area contributed by atoms with Crippen LogP contribution in [0, 0.1) is 0 Å². The van der Waals surface area contributed by atoms with E-state index in [1.165, 1.54) is 11.8 Å². The van der Waals surface area contributed by atoms with E-state index < -0.39 is 6.17 Å². The third-order valence-corrected chi connectivity index (χ3v) is 4.96. The second-order valence-electron chi connectivity index (χ2n) is 5.78. The molecule has 1 N–H and O–H groups in total. The molecule has 0 fully saturated rings. The summed E-state index contributed by atoms with van der Waals surface area (Å²) < 4.78 is 5.24. The first-order valence-electron chi connectivity index (χ1n) is 8.34. The summed E-state index contributed by atoms with van der Waals surface area (Å²) in [6.07, 6.45) is -0.399. The zero-order valence-corrected chi connectivity index (χ0v) is 15.3. The van der Waals surface area contributed by atoms with Gasteiger partial charge in [-0.1, -0.05) is 49.0 Å². The number of hydrazone groups is 1. The van der Waals surface area contributed by atoms with Gasteiger partial charge in [-0.05, 0) is 29.5 Å². The smallest absolute Gasteiger partial charge is 0.276 e. The number of fused-ring (bicyclic) bond motifs is 2. The first-order valence-corrected chi connectivity index (χ1v) is 9.33. The van der Waals surface area contributed by atoms with Gasteiger partial charge in [0.05, 0.1) is 12.5 Å². The van der Waals surface area contributed by atoms with Crippen LogP contribution in [0.1, 0.15) is 18.7 Å². The van der Waals surface area contributed by atoms with E-state index >= 15 is 0 Å². The summed E-state index contributed by atoms with van der Waals surface area (Å²) in [7, 11) is 1.63. The number of ether oxygens (including phenoxy) is 1. The summed E-state index contributed by atoms with van der Waals surface area (Å²) in [6, 6.07) is 15.3. The fraction of sp³-hybridized carbons (Fsp3) is 0.211. The van der Waals surface area contributed by atoms with E-state index in [1.807, 2.05) is 55.5 Å². The molecule has 4 rings (SSSR count). The average molecular weight is 366 g/mol. The van der Waals surface area contributed by atoms with E-state index in [2.05, 4.69) is 10.4 Å². The van der Waals surface area contributed by atoms with Crippen molar-refractivity contribution in [3.8, 4) is 5.75 Å². The lowest BCUT2D eigenvalue weighted by Gasteiger charge is -2.34. The van der Waals surface area contributed by atoms with Crippen LogP contribution in [0.2, 0.25) is 0 Å². The molecule has 7 heteroatoms. The van der Waals surface area contributed by atoms with Gasteiger partial charge in [-0.3, -0.25) is 15.1 Å². The Bertz CT molecular complexity index is 1000. The number of thioether (sulfide) groups is 1. The Balaban J connectivity index is 1.90. The normalized spacial score (nSPS) is 18.3. The predicted molar refractivity (Wildman–Crippen MR) is 102 cm³/mol. The number of rotatable bonds is 3. The highest BCUT2D eigenvalue weighted by atomic mass is 32.2. The maximum Gasteiger partial charge on any atom is 0.276 e. The fourth-order valence-electron chi connectivity index (χ4n) is 3.02. The highest BCUT2D eigenvalue weighted by Crippen LogP contribution is 2.31. The third-order valence-electron chi connectivity index (χ3n) is 4.21. The molecule has 2 heterocycles. The number of nitrogens with one attached hydrogen (secondary N) is 1. The number of amides is 1. The van der Waals surface area contributed by atoms with Crippen LogP contribution in [0.3, 0.4) is 0 Å². The number of nitrogens with zero attached hydrogens (tertiary/aromatic N) is 3. The van der Waals surface area contributed by atoms with Gasteiger partial charge in [0.25, 0.3) is 5.91 Å². The van der Waals surface area contributed by atoms with Gasteiger partial charge in [0.1, 0.15) is 11.4 Å². The molecule has 0 radical (unpaired) electrons. The number of carbonyl (C=O) groups is 1. The maximum atomic E-state index is 12.8. The topological polar surface area (TPSA) is 66.3 Å². The number of hydrogen-bond acceptors (Lipinski definition) is 6. The first-order chi connectivity index (χ1) is 12.7. The average Bonchev–Trinajstić information content (AvgIpc) is 2.67. The van der Waals surface area contributed by atoms with Gasteiger partial charge >= 0.3 is 0 Å². The predicted octanol–water partition coefficient (Wildman–Crippen LogP) is 1.59. The summed E-state index contributed by atoms with van der Waals surface area (Å²) in [5, 5.41) is 11.4. The number of amidine groups is 1. The van der Waals surface area contributed by atoms with E-state index in [-0.39, 0.29) is 5.91 Å². The van der Waals surface area contributed by atoms with Crippen molar-refractivity contribution in [2.24, 2.45) is 10.1 Å². The Labute approximate surface area is 155 Å². The molecule has 1 amide bonds. The molecule has 0 aliphatic carbocycles.